The van der Waals surface area contributed by atoms with E-state index in [-0.39, 0.29) is 18.7 Å². The maximum absolute atomic E-state index is 13.8. The molecule has 1 saturated carbocycles. The molecule has 9 nitrogen and oxygen atoms in total. The van der Waals surface area contributed by atoms with Crippen LogP contribution in [0.15, 0.2) is 63.7 Å². The molecule has 0 radical (unpaired) electrons. The van der Waals surface area contributed by atoms with Crippen LogP contribution in [0.4, 0.5) is 0 Å². The Bertz CT molecular complexity index is 1680. The van der Waals surface area contributed by atoms with Crippen LogP contribution in [0.5, 0.6) is 5.75 Å². The number of hydrogen-bond donors (Lipinski definition) is 1. The lowest BCUT2D eigenvalue weighted by Crippen LogP contribution is -2.59. The van der Waals surface area contributed by atoms with Crippen LogP contribution in [-0.4, -0.2) is 52.5 Å². The number of phenolic OH excluding ortho intramolecular Hbond substituents is 1. The first-order valence-electron chi connectivity index (χ1n) is 12.1. The van der Waals surface area contributed by atoms with Gasteiger partial charge in [-0.3, -0.25) is 14.5 Å². The third kappa shape index (κ3) is 2.88. The number of rotatable bonds is 2. The third-order valence-corrected chi connectivity index (χ3v) is 9.56. The highest BCUT2D eigenvalue weighted by Gasteiger charge is 2.74. The van der Waals surface area contributed by atoms with Gasteiger partial charge in [0, 0.05) is 19.4 Å². The van der Waals surface area contributed by atoms with Crippen molar-refractivity contribution in [3.8, 4) is 11.4 Å². The number of carbonyl (C=O) groups excluding carboxylic acids is 2. The molecule has 3 aliphatic rings. The number of likely N-dealkylation sites (tertiary alicyclic amines) is 1. The van der Waals surface area contributed by atoms with Crippen LogP contribution in [0.25, 0.3) is 5.69 Å². The lowest BCUT2D eigenvalue weighted by Gasteiger charge is -2.49. The fourth-order valence-electron chi connectivity index (χ4n) is 6.33. The van der Waals surface area contributed by atoms with Crippen molar-refractivity contribution in [2.75, 3.05) is 7.05 Å². The van der Waals surface area contributed by atoms with Crippen LogP contribution in [0.2, 0.25) is 0 Å². The quantitative estimate of drug-likeness (QED) is 0.298. The maximum atomic E-state index is 13.8. The molecule has 0 bridgehead atoms. The van der Waals surface area contributed by atoms with Crippen LogP contribution >= 0.6 is 23.2 Å². The second-order valence-electron chi connectivity index (χ2n) is 10.2. The van der Waals surface area contributed by atoms with Crippen LogP contribution in [-0.2, 0) is 16.1 Å². The number of halogens is 2. The molecule has 3 heterocycles. The summed E-state index contributed by atoms with van der Waals surface area (Å²) in [6.45, 7) is 3.52. The SMILES string of the molecule is Cc1cc([C@H]2C3=CCn4c(=O)n(-c5ccccc5)c(=O)n4[C@@H]3C[C@@]3(Cl)C(=O)N(C)C(=O)[C@@]23Cl)cc(C)c1O. The first-order chi connectivity index (χ1) is 17.9. The van der Waals surface area contributed by atoms with Gasteiger partial charge >= 0.3 is 11.4 Å². The monoisotopic (exact) mass is 554 g/mol. The molecule has 0 spiro atoms. The van der Waals surface area contributed by atoms with E-state index in [2.05, 4.69) is 0 Å². The smallest absolute Gasteiger partial charge is 0.352 e. The van der Waals surface area contributed by atoms with Gasteiger partial charge in [0.05, 0.1) is 18.3 Å². The average molecular weight is 555 g/mol. The predicted octanol–water partition coefficient (Wildman–Crippen LogP) is 2.75. The standard InChI is InChI=1S/C27H24Cl2N4O5/c1-14-11-16(12-15(2)21(14)34)20-18-9-10-31-24(37)32(17-7-5-4-6-8-17)25(38)33(31)19(18)13-26(28)22(35)30(3)23(36)27(20,26)29/h4-9,11-12,19-20,34H,10,13H2,1-3H3/t19-,20+,26-,27+/m1/s1. The number of fused-ring (bicyclic) bond motifs is 4. The van der Waals surface area contributed by atoms with E-state index in [1.54, 1.807) is 62.4 Å². The molecule has 3 aromatic rings. The van der Waals surface area contributed by atoms with Crippen molar-refractivity contribution in [1.82, 2.24) is 18.8 Å². The van der Waals surface area contributed by atoms with Gasteiger partial charge in [-0.2, -0.15) is 0 Å². The number of benzene rings is 2. The number of aromatic nitrogens is 3. The van der Waals surface area contributed by atoms with Crippen LogP contribution in [0.3, 0.4) is 0 Å². The van der Waals surface area contributed by atoms with Gasteiger partial charge < -0.3 is 5.11 Å². The molecule has 0 unspecified atom stereocenters. The van der Waals surface area contributed by atoms with Crippen molar-refractivity contribution < 1.29 is 14.7 Å². The van der Waals surface area contributed by atoms with E-state index >= 15 is 0 Å². The molecule has 196 valence electrons. The number of alkyl halides is 2. The fraction of sp³-hybridized carbons (Fsp3) is 0.333. The summed E-state index contributed by atoms with van der Waals surface area (Å²) in [5, 5.41) is 10.4. The number of nitrogens with zero attached hydrogens (tertiary/aromatic N) is 4. The third-order valence-electron chi connectivity index (χ3n) is 8.14. The molecule has 11 heteroatoms. The lowest BCUT2D eigenvalue weighted by atomic mass is 9.64. The van der Waals surface area contributed by atoms with Crippen molar-refractivity contribution in [3.05, 3.63) is 91.8 Å². The summed E-state index contributed by atoms with van der Waals surface area (Å²) >= 11 is 14.3. The number of aromatic hydroxyl groups is 1. The Balaban J connectivity index is 1.63. The van der Waals surface area contributed by atoms with Gasteiger partial charge in [0.15, 0.2) is 9.75 Å². The molecule has 2 amide bonds. The molecule has 1 N–H and O–H groups in total. The van der Waals surface area contributed by atoms with E-state index in [0.717, 1.165) is 9.47 Å². The number of phenols is 1. The van der Waals surface area contributed by atoms with Crippen LogP contribution in [0.1, 0.15) is 35.1 Å². The van der Waals surface area contributed by atoms with Gasteiger partial charge in [-0.25, -0.2) is 23.5 Å². The second kappa shape index (κ2) is 7.97. The second-order valence-corrected chi connectivity index (χ2v) is 11.4. The average Bonchev–Trinajstić information content (AvgIpc) is 3.22. The zero-order valence-electron chi connectivity index (χ0n) is 20.8. The number of amides is 2. The molecule has 2 aliphatic heterocycles. The first kappa shape index (κ1) is 24.8. The van der Waals surface area contributed by atoms with Gasteiger partial charge in [0.25, 0.3) is 11.8 Å². The highest BCUT2D eigenvalue weighted by molar-refractivity contribution is 6.53. The molecule has 4 atom stereocenters. The summed E-state index contributed by atoms with van der Waals surface area (Å²) in [6.07, 6.45) is 1.63. The summed E-state index contributed by atoms with van der Waals surface area (Å²) in [4.78, 5) is 51.4. The Morgan fingerprint density at radius 1 is 0.947 bits per heavy atom. The highest BCUT2D eigenvalue weighted by Crippen LogP contribution is 2.63. The zero-order valence-corrected chi connectivity index (χ0v) is 22.3. The van der Waals surface area contributed by atoms with Crippen molar-refractivity contribution in [2.45, 2.75) is 48.5 Å². The minimum Gasteiger partial charge on any atom is -0.507 e. The first-order valence-corrected chi connectivity index (χ1v) is 12.9. The van der Waals surface area contributed by atoms with E-state index in [1.807, 2.05) is 0 Å². The van der Waals surface area contributed by atoms with Crippen molar-refractivity contribution in [1.29, 1.82) is 0 Å². The van der Waals surface area contributed by atoms with Crippen LogP contribution < -0.4 is 11.4 Å². The molecule has 1 aromatic heterocycles. The minimum atomic E-state index is -1.89. The van der Waals surface area contributed by atoms with Gasteiger partial charge in [0.1, 0.15) is 5.75 Å². The van der Waals surface area contributed by atoms with Gasteiger partial charge in [-0.15, -0.1) is 23.2 Å². The number of aryl methyl sites for hydroxylation is 2. The highest BCUT2D eigenvalue weighted by atomic mass is 35.5. The van der Waals surface area contributed by atoms with E-state index < -0.39 is 44.9 Å². The normalized spacial score (nSPS) is 28.1. The van der Waals surface area contributed by atoms with Gasteiger partial charge in [0.2, 0.25) is 0 Å². The Morgan fingerprint density at radius 3 is 2.21 bits per heavy atom. The molecular formula is C27H24Cl2N4O5. The number of allylic oxidation sites excluding steroid dienone is 2. The molecule has 1 saturated heterocycles. The van der Waals surface area contributed by atoms with Crippen LogP contribution in [0, 0.1) is 13.8 Å². The minimum absolute atomic E-state index is 0.0620. The Morgan fingerprint density at radius 2 is 1.58 bits per heavy atom. The van der Waals surface area contributed by atoms with E-state index in [9.17, 15) is 24.3 Å². The zero-order chi connectivity index (χ0) is 27.3. The molecule has 1 aliphatic carbocycles. The fourth-order valence-corrected chi connectivity index (χ4v) is 7.33. The van der Waals surface area contributed by atoms with Crippen molar-refractivity contribution in [3.63, 3.8) is 0 Å². The molecule has 38 heavy (non-hydrogen) atoms. The number of carbonyl (C=O) groups is 2. The van der Waals surface area contributed by atoms with E-state index in [0.29, 0.717) is 28.0 Å². The van der Waals surface area contributed by atoms with E-state index in [4.69, 9.17) is 23.2 Å². The largest absolute Gasteiger partial charge is 0.507 e. The number of hydrogen-bond acceptors (Lipinski definition) is 5. The van der Waals surface area contributed by atoms with Crippen molar-refractivity contribution >= 4 is 35.0 Å². The Labute approximate surface area is 227 Å². The van der Waals surface area contributed by atoms with Gasteiger partial charge in [-0.1, -0.05) is 36.4 Å². The predicted molar refractivity (Wildman–Crippen MR) is 141 cm³/mol. The summed E-state index contributed by atoms with van der Waals surface area (Å²) in [5.74, 6) is -2.10. The molecule has 2 aromatic carbocycles. The summed E-state index contributed by atoms with van der Waals surface area (Å²) in [6, 6.07) is 11.2. The van der Waals surface area contributed by atoms with Gasteiger partial charge in [-0.05, 0) is 48.2 Å². The number of imide groups is 1. The Hall–Kier alpha value is -3.56. The van der Waals surface area contributed by atoms with Crippen molar-refractivity contribution in [2.24, 2.45) is 0 Å². The summed E-state index contributed by atoms with van der Waals surface area (Å²) in [7, 11) is 1.34. The lowest BCUT2D eigenvalue weighted by molar-refractivity contribution is -0.137. The molecular weight excluding hydrogens is 531 g/mol. The topological polar surface area (TPSA) is 107 Å². The number of para-hydroxylation sites is 1. The Kier molecular flexibility index (Phi) is 5.19. The molecule has 2 fully saturated rings. The maximum Gasteiger partial charge on any atom is 0.352 e. The summed E-state index contributed by atoms with van der Waals surface area (Å²) < 4.78 is 3.73. The molecule has 6 rings (SSSR count). The van der Waals surface area contributed by atoms with E-state index in [1.165, 1.54) is 16.4 Å². The summed E-state index contributed by atoms with van der Waals surface area (Å²) in [5.41, 5.74) is 1.63.